The van der Waals surface area contributed by atoms with E-state index in [9.17, 15) is 0 Å². The van der Waals surface area contributed by atoms with Crippen LogP contribution in [0.2, 0.25) is 17.8 Å². The number of hydrogen-bond donors (Lipinski definition) is 0. The van der Waals surface area contributed by atoms with Crippen LogP contribution in [0.25, 0.3) is 0 Å². The van der Waals surface area contributed by atoms with E-state index in [2.05, 4.69) is 41.5 Å². The average Bonchev–Trinajstić information content (AvgIpc) is 2.68. The fourth-order valence-corrected chi connectivity index (χ4v) is 35.7. The van der Waals surface area contributed by atoms with Gasteiger partial charge in [-0.3, -0.25) is 0 Å². The van der Waals surface area contributed by atoms with Crippen molar-refractivity contribution < 1.29 is 0 Å². The molecule has 152 valence electrons. The molecule has 0 amide bonds. The Kier molecular flexibility index (Phi) is 15.4. The summed E-state index contributed by atoms with van der Waals surface area (Å²) in [6, 6.07) is 0. The number of unbranched alkanes of at least 4 members (excludes halogenated alkanes) is 4. The van der Waals surface area contributed by atoms with Crippen molar-refractivity contribution in [1.82, 2.24) is 0 Å². The topological polar surface area (TPSA) is 0 Å². The summed E-state index contributed by atoms with van der Waals surface area (Å²) >= 11 is -2.08. The van der Waals surface area contributed by atoms with Crippen molar-refractivity contribution >= 4 is 39.3 Å². The Balaban J connectivity index is 3.15. The fraction of sp³-hybridized carbons (Fsp3) is 0.833. The van der Waals surface area contributed by atoms with Crippen LogP contribution >= 0.6 is 0 Å². The van der Waals surface area contributed by atoms with Gasteiger partial charge in [0.1, 0.15) is 0 Å². The van der Waals surface area contributed by atoms with Crippen LogP contribution in [-0.2, 0) is 0 Å². The van der Waals surface area contributed by atoms with Gasteiger partial charge in [-0.15, -0.1) is 0 Å². The van der Waals surface area contributed by atoms with Gasteiger partial charge in [0.15, 0.2) is 0 Å². The third kappa shape index (κ3) is 9.51. The average molecular weight is 581 g/mol. The minimum absolute atomic E-state index is 0.0876. The van der Waals surface area contributed by atoms with E-state index in [1.54, 1.807) is 23.4 Å². The molecule has 1 rings (SSSR count). The third-order valence-electron chi connectivity index (χ3n) is 5.95. The SMILES string of the molecule is CCCC[Te]/[C](=C/C1=CCCCC1)[Sn]([CH2]CCC)([CH2]CCC)[CH2]CCC. The quantitative estimate of drug-likeness (QED) is 0.134. The Morgan fingerprint density at radius 2 is 1.46 bits per heavy atom. The molecule has 0 heterocycles. The maximum atomic E-state index is 2.86. The van der Waals surface area contributed by atoms with Gasteiger partial charge in [-0.1, -0.05) is 0 Å². The Bertz CT molecular complexity index is 389. The summed E-state index contributed by atoms with van der Waals surface area (Å²) in [5.41, 5.74) is 1.75. The molecular formula is C24H46SnTe. The van der Waals surface area contributed by atoms with Crippen molar-refractivity contribution in [2.24, 2.45) is 0 Å². The zero-order chi connectivity index (χ0) is 19.1. The van der Waals surface area contributed by atoms with Crippen LogP contribution in [0.5, 0.6) is 0 Å². The predicted molar refractivity (Wildman–Crippen MR) is 125 cm³/mol. The van der Waals surface area contributed by atoms with Gasteiger partial charge in [-0.05, 0) is 0 Å². The van der Waals surface area contributed by atoms with Gasteiger partial charge >= 0.3 is 181 Å². The van der Waals surface area contributed by atoms with E-state index in [1.165, 1.54) is 77.0 Å². The van der Waals surface area contributed by atoms with Crippen molar-refractivity contribution in [3.05, 3.63) is 19.4 Å². The molecule has 0 bridgehead atoms. The van der Waals surface area contributed by atoms with Gasteiger partial charge in [0.2, 0.25) is 0 Å². The Morgan fingerprint density at radius 3 is 1.92 bits per heavy atom. The normalized spacial score (nSPS) is 16.0. The first-order valence-corrected chi connectivity index (χ1v) is 22.1. The van der Waals surface area contributed by atoms with Gasteiger partial charge < -0.3 is 0 Å². The zero-order valence-electron chi connectivity index (χ0n) is 18.4. The van der Waals surface area contributed by atoms with Crippen molar-refractivity contribution in [2.45, 2.75) is 123 Å². The summed E-state index contributed by atoms with van der Waals surface area (Å²) in [6.45, 7) is 9.62. The first kappa shape index (κ1) is 25.1. The molecule has 0 nitrogen and oxygen atoms in total. The van der Waals surface area contributed by atoms with Crippen LogP contribution in [0.3, 0.4) is 0 Å². The molecule has 0 atom stereocenters. The van der Waals surface area contributed by atoms with Gasteiger partial charge in [0, 0.05) is 0 Å². The van der Waals surface area contributed by atoms with E-state index >= 15 is 0 Å². The number of hydrogen-bond acceptors (Lipinski definition) is 0. The molecule has 0 aromatic rings. The van der Waals surface area contributed by atoms with Gasteiger partial charge in [0.05, 0.1) is 0 Å². The molecule has 0 N–H and O–H groups in total. The molecule has 1 aliphatic rings. The summed E-state index contributed by atoms with van der Waals surface area (Å²) in [4.78, 5) is 0. The predicted octanol–water partition coefficient (Wildman–Crippen LogP) is 8.68. The van der Waals surface area contributed by atoms with Crippen LogP contribution in [0, 0.1) is 0 Å². The third-order valence-corrected chi connectivity index (χ3v) is 34.2. The molecule has 0 spiro atoms. The van der Waals surface area contributed by atoms with Crippen molar-refractivity contribution in [3.8, 4) is 0 Å². The summed E-state index contributed by atoms with van der Waals surface area (Å²) in [7, 11) is 0. The Hall–Kier alpha value is 1.07. The molecule has 0 unspecified atom stereocenters. The Labute approximate surface area is 180 Å². The first-order chi connectivity index (χ1) is 12.7. The maximum absolute atomic E-state index is 2.86. The molecule has 0 saturated carbocycles. The van der Waals surface area contributed by atoms with E-state index in [0.717, 1.165) is 0 Å². The van der Waals surface area contributed by atoms with Gasteiger partial charge in [0.25, 0.3) is 0 Å². The molecule has 0 aromatic heterocycles. The monoisotopic (exact) mass is 584 g/mol. The van der Waals surface area contributed by atoms with Crippen LogP contribution in [0.15, 0.2) is 19.4 Å². The molecule has 1 aliphatic carbocycles. The van der Waals surface area contributed by atoms with Crippen LogP contribution in [0.4, 0.5) is 0 Å². The number of allylic oxidation sites excluding steroid dienone is 3. The summed E-state index contributed by atoms with van der Waals surface area (Å²) in [5, 5.41) is 0. The van der Waals surface area contributed by atoms with Crippen LogP contribution in [-0.4, -0.2) is 39.3 Å². The first-order valence-electron chi connectivity index (χ1n) is 11.8. The second-order valence-electron chi connectivity index (χ2n) is 8.33. The van der Waals surface area contributed by atoms with Gasteiger partial charge in [-0.2, -0.15) is 0 Å². The van der Waals surface area contributed by atoms with Crippen LogP contribution < -0.4 is 0 Å². The van der Waals surface area contributed by atoms with Crippen molar-refractivity contribution in [2.75, 3.05) is 0 Å². The Morgan fingerprint density at radius 1 is 0.885 bits per heavy atom. The molecule has 0 aliphatic heterocycles. The van der Waals surface area contributed by atoms with E-state index < -0.39 is 18.4 Å². The van der Waals surface area contributed by atoms with Crippen molar-refractivity contribution in [1.29, 1.82) is 0 Å². The molecule has 0 saturated heterocycles. The van der Waals surface area contributed by atoms with E-state index in [4.69, 9.17) is 0 Å². The van der Waals surface area contributed by atoms with E-state index in [0.29, 0.717) is 0 Å². The molecular weight excluding hydrogens is 535 g/mol. The summed E-state index contributed by atoms with van der Waals surface area (Å²) in [6.07, 6.45) is 22.7. The summed E-state index contributed by atoms with van der Waals surface area (Å²) < 4.78 is 8.76. The second-order valence-corrected chi connectivity index (χ2v) is 27.9. The summed E-state index contributed by atoms with van der Waals surface area (Å²) in [5.74, 6) is 0. The molecule has 26 heavy (non-hydrogen) atoms. The molecule has 0 radical (unpaired) electrons. The molecule has 0 fully saturated rings. The minimum atomic E-state index is -2.16. The fourth-order valence-electron chi connectivity index (χ4n) is 4.13. The van der Waals surface area contributed by atoms with Gasteiger partial charge in [-0.25, -0.2) is 0 Å². The second kappa shape index (κ2) is 15.9. The zero-order valence-corrected chi connectivity index (χ0v) is 23.6. The number of rotatable bonds is 15. The van der Waals surface area contributed by atoms with E-state index in [-0.39, 0.29) is 20.9 Å². The molecule has 0 aromatic carbocycles. The van der Waals surface area contributed by atoms with Crippen molar-refractivity contribution in [3.63, 3.8) is 0 Å². The molecule has 2 heteroatoms. The standard InChI is InChI=1S/C12H19Te.3C4H9.Sn/c1-2-3-10-13-11-9-12-7-5-4-6-8-12;3*1-3-4-2;/h7,9H,2-6,8,10H2,1H3;3*1,3-4H2,2H3;. The van der Waals surface area contributed by atoms with E-state index in [1.807, 2.05) is 0 Å². The van der Waals surface area contributed by atoms with Crippen LogP contribution in [0.1, 0.15) is 105 Å².